The highest BCUT2D eigenvalue weighted by atomic mass is 17.3. The molecule has 0 aliphatic rings. The largest absolute Gasteiger partial charge is 0.232 e. The second-order valence-corrected chi connectivity index (χ2v) is 6.40. The predicted molar refractivity (Wildman–Crippen MR) is 70.3 cm³/mol. The van der Waals surface area contributed by atoms with Crippen LogP contribution >= 0.6 is 0 Å². The topological polar surface area (TPSA) is 36.9 Å². The molecule has 0 aromatic carbocycles. The highest BCUT2D eigenvalue weighted by Crippen LogP contribution is 2.25. The minimum atomic E-state index is -1.02. The number of terminal acetylenes is 1. The Kier molecular flexibility index (Phi) is 6.32. The zero-order valence-corrected chi connectivity index (χ0v) is 12.6. The molecule has 0 bridgehead atoms. The van der Waals surface area contributed by atoms with E-state index in [1.54, 1.807) is 6.92 Å². The fourth-order valence-corrected chi connectivity index (χ4v) is 0.823. The van der Waals surface area contributed by atoms with Crippen LogP contribution < -0.4 is 0 Å². The lowest BCUT2D eigenvalue weighted by atomic mass is 10.2. The second-order valence-electron chi connectivity index (χ2n) is 6.40. The van der Waals surface area contributed by atoms with Gasteiger partial charge in [-0.05, 0) is 48.5 Å². The molecule has 4 heteroatoms. The minimum absolute atomic E-state index is 0.428. The summed E-state index contributed by atoms with van der Waals surface area (Å²) in [6.07, 6.45) is 6.25. The van der Waals surface area contributed by atoms with Gasteiger partial charge in [0.2, 0.25) is 5.79 Å². The number of hydrogen-bond donors (Lipinski definition) is 0. The molecule has 0 aliphatic heterocycles. The maximum Gasteiger partial charge on any atom is 0.232 e. The average molecular weight is 258 g/mol. The average Bonchev–Trinajstić information content (AvgIpc) is 2.19. The minimum Gasteiger partial charge on any atom is -0.228 e. The normalized spacial score (nSPS) is 13.4. The van der Waals surface area contributed by atoms with E-state index in [1.807, 2.05) is 41.5 Å². The predicted octanol–water partition coefficient (Wildman–Crippen LogP) is 3.61. The van der Waals surface area contributed by atoms with Gasteiger partial charge >= 0.3 is 0 Å². The SMILES string of the molecule is C#CCCC(C)(OOC(C)(C)C)OOC(C)(C)C. The molecule has 0 radical (unpaired) electrons. The fraction of sp³-hybridized carbons (Fsp3) is 0.857. The van der Waals surface area contributed by atoms with Gasteiger partial charge in [-0.25, -0.2) is 9.78 Å². The first-order valence-corrected chi connectivity index (χ1v) is 6.15. The Hall–Kier alpha value is -0.600. The second kappa shape index (κ2) is 6.53. The van der Waals surface area contributed by atoms with Crippen LogP contribution in [-0.4, -0.2) is 17.0 Å². The van der Waals surface area contributed by atoms with Crippen molar-refractivity contribution in [3.63, 3.8) is 0 Å². The Morgan fingerprint density at radius 2 is 1.17 bits per heavy atom. The molecule has 0 N–H and O–H groups in total. The molecular formula is C14H26O4. The fourth-order valence-electron chi connectivity index (χ4n) is 0.823. The highest BCUT2D eigenvalue weighted by molar-refractivity contribution is 4.85. The molecule has 0 aliphatic carbocycles. The summed E-state index contributed by atoms with van der Waals surface area (Å²) in [5.74, 6) is 1.53. The molecule has 0 amide bonds. The van der Waals surface area contributed by atoms with Crippen molar-refractivity contribution < 1.29 is 19.6 Å². The molecular weight excluding hydrogens is 232 g/mol. The summed E-state index contributed by atoms with van der Waals surface area (Å²) in [4.78, 5) is 21.3. The summed E-state index contributed by atoms with van der Waals surface area (Å²) in [6.45, 7) is 13.1. The smallest absolute Gasteiger partial charge is 0.228 e. The first-order valence-electron chi connectivity index (χ1n) is 6.15. The third kappa shape index (κ3) is 9.43. The van der Waals surface area contributed by atoms with Crippen molar-refractivity contribution >= 4 is 0 Å². The summed E-state index contributed by atoms with van der Waals surface area (Å²) in [6, 6.07) is 0. The zero-order chi connectivity index (χ0) is 14.4. The van der Waals surface area contributed by atoms with Crippen LogP contribution in [0.15, 0.2) is 0 Å². The molecule has 0 fully saturated rings. The van der Waals surface area contributed by atoms with Gasteiger partial charge in [-0.2, -0.15) is 9.78 Å². The van der Waals surface area contributed by atoms with Crippen LogP contribution in [0.1, 0.15) is 61.3 Å². The van der Waals surface area contributed by atoms with Gasteiger partial charge in [0.1, 0.15) is 0 Å². The van der Waals surface area contributed by atoms with Gasteiger partial charge in [0.15, 0.2) is 0 Å². The lowest BCUT2D eigenvalue weighted by Crippen LogP contribution is -2.38. The van der Waals surface area contributed by atoms with Crippen molar-refractivity contribution in [1.82, 2.24) is 0 Å². The van der Waals surface area contributed by atoms with E-state index in [0.29, 0.717) is 12.8 Å². The van der Waals surface area contributed by atoms with Crippen LogP contribution in [0, 0.1) is 12.3 Å². The molecule has 0 rings (SSSR count). The van der Waals surface area contributed by atoms with Crippen molar-refractivity contribution in [3.8, 4) is 12.3 Å². The Balaban J connectivity index is 4.48. The first kappa shape index (κ1) is 17.4. The summed E-state index contributed by atoms with van der Waals surface area (Å²) >= 11 is 0. The Morgan fingerprint density at radius 1 is 0.778 bits per heavy atom. The summed E-state index contributed by atoms with van der Waals surface area (Å²) in [5, 5.41) is 0. The van der Waals surface area contributed by atoms with E-state index in [2.05, 4.69) is 5.92 Å². The molecule has 0 spiro atoms. The Morgan fingerprint density at radius 3 is 1.44 bits per heavy atom. The van der Waals surface area contributed by atoms with E-state index in [9.17, 15) is 0 Å². The molecule has 18 heavy (non-hydrogen) atoms. The lowest BCUT2D eigenvalue weighted by Gasteiger charge is -2.32. The van der Waals surface area contributed by atoms with E-state index in [0.717, 1.165) is 0 Å². The summed E-state index contributed by atoms with van der Waals surface area (Å²) in [7, 11) is 0. The van der Waals surface area contributed by atoms with Crippen LogP contribution in [0.3, 0.4) is 0 Å². The van der Waals surface area contributed by atoms with Gasteiger partial charge in [0, 0.05) is 12.8 Å². The maximum absolute atomic E-state index is 5.35. The molecule has 0 heterocycles. The number of rotatable bonds is 6. The van der Waals surface area contributed by atoms with Gasteiger partial charge in [-0.3, -0.25) is 0 Å². The summed E-state index contributed by atoms with van der Waals surface area (Å²) < 4.78 is 0. The van der Waals surface area contributed by atoms with E-state index in [4.69, 9.17) is 26.0 Å². The molecule has 0 unspecified atom stereocenters. The van der Waals surface area contributed by atoms with Crippen molar-refractivity contribution in [2.75, 3.05) is 0 Å². The van der Waals surface area contributed by atoms with Crippen LogP contribution in [0.25, 0.3) is 0 Å². The van der Waals surface area contributed by atoms with E-state index < -0.39 is 17.0 Å². The third-order valence-electron chi connectivity index (χ3n) is 1.66. The van der Waals surface area contributed by atoms with Crippen molar-refractivity contribution in [3.05, 3.63) is 0 Å². The molecule has 0 aromatic rings. The molecule has 4 nitrogen and oxygen atoms in total. The molecule has 0 atom stereocenters. The quantitative estimate of drug-likeness (QED) is 0.316. The molecule has 0 saturated heterocycles. The van der Waals surface area contributed by atoms with Crippen LogP contribution in [0.5, 0.6) is 0 Å². The monoisotopic (exact) mass is 258 g/mol. The van der Waals surface area contributed by atoms with E-state index >= 15 is 0 Å². The van der Waals surface area contributed by atoms with Crippen molar-refractivity contribution in [2.24, 2.45) is 0 Å². The van der Waals surface area contributed by atoms with Crippen LogP contribution in [0.4, 0.5) is 0 Å². The molecule has 0 saturated carbocycles. The maximum atomic E-state index is 5.35. The van der Waals surface area contributed by atoms with E-state index in [1.165, 1.54) is 0 Å². The van der Waals surface area contributed by atoms with Crippen molar-refractivity contribution in [2.45, 2.75) is 78.3 Å². The van der Waals surface area contributed by atoms with Gasteiger partial charge in [-0.15, -0.1) is 12.3 Å². The van der Waals surface area contributed by atoms with Gasteiger partial charge < -0.3 is 0 Å². The van der Waals surface area contributed by atoms with Gasteiger partial charge in [-0.1, -0.05) is 0 Å². The van der Waals surface area contributed by atoms with Gasteiger partial charge in [0.05, 0.1) is 11.2 Å². The van der Waals surface area contributed by atoms with Crippen LogP contribution in [0.2, 0.25) is 0 Å². The summed E-state index contributed by atoms with van der Waals surface area (Å²) in [5.41, 5.74) is -0.856. The first-order chi connectivity index (χ1) is 7.97. The highest BCUT2D eigenvalue weighted by Gasteiger charge is 2.33. The zero-order valence-electron chi connectivity index (χ0n) is 12.6. The van der Waals surface area contributed by atoms with E-state index in [-0.39, 0.29) is 0 Å². The van der Waals surface area contributed by atoms with Crippen LogP contribution in [-0.2, 0) is 19.6 Å². The van der Waals surface area contributed by atoms with Crippen molar-refractivity contribution in [1.29, 1.82) is 0 Å². The Labute approximate surface area is 111 Å². The lowest BCUT2D eigenvalue weighted by molar-refractivity contribution is -0.537. The van der Waals surface area contributed by atoms with Gasteiger partial charge in [0.25, 0.3) is 0 Å². The molecule has 106 valence electrons. The standard InChI is InChI=1S/C14H26O4/c1-9-10-11-14(8,17-15-12(2,3)4)18-16-13(5,6)7/h1H,10-11H2,2-8H3. The third-order valence-corrected chi connectivity index (χ3v) is 1.66. The number of hydrogen-bond acceptors (Lipinski definition) is 4. The Bertz CT molecular complexity index is 260. The molecule has 0 aromatic heterocycles.